The van der Waals surface area contributed by atoms with E-state index in [-0.39, 0.29) is 24.7 Å². The van der Waals surface area contributed by atoms with Crippen LogP contribution in [0.2, 0.25) is 0 Å². The molecule has 0 spiro atoms. The molecule has 1 aliphatic carbocycles. The summed E-state index contributed by atoms with van der Waals surface area (Å²) in [6.45, 7) is 25.3. The summed E-state index contributed by atoms with van der Waals surface area (Å²) in [5.74, 6) is 0.826. The van der Waals surface area contributed by atoms with E-state index in [0.717, 1.165) is 34.4 Å². The number of rotatable bonds is 24. The molecular formula is C51H62O10. The van der Waals surface area contributed by atoms with E-state index >= 15 is 0 Å². The topological polar surface area (TPSA) is 108 Å². The zero-order chi connectivity index (χ0) is 44.1. The number of carbonyl (C=O) groups is 2. The number of benzene rings is 4. The first-order valence-electron chi connectivity index (χ1n) is 21.7. The van der Waals surface area contributed by atoms with Crippen LogP contribution in [0.25, 0.3) is 11.1 Å². The van der Waals surface area contributed by atoms with Crippen LogP contribution in [0.15, 0.2) is 73.8 Å². The number of esters is 2. The molecule has 10 nitrogen and oxygen atoms in total. The van der Waals surface area contributed by atoms with Crippen LogP contribution >= 0.6 is 0 Å². The van der Waals surface area contributed by atoms with Gasteiger partial charge in [-0.25, -0.2) is 9.59 Å². The van der Waals surface area contributed by atoms with Gasteiger partial charge >= 0.3 is 11.9 Å². The van der Waals surface area contributed by atoms with Gasteiger partial charge in [-0.3, -0.25) is 0 Å². The van der Waals surface area contributed by atoms with Crippen LogP contribution in [-0.4, -0.2) is 51.6 Å². The highest BCUT2D eigenvalue weighted by Gasteiger charge is 2.56. The average molecular weight is 835 g/mol. The van der Waals surface area contributed by atoms with Crippen molar-refractivity contribution in [3.63, 3.8) is 0 Å². The van der Waals surface area contributed by atoms with Crippen molar-refractivity contribution in [1.82, 2.24) is 0 Å². The Kier molecular flexibility index (Phi) is 16.3. The standard InChI is InChI=1S/C51H62O10/c1-11-27-54-43-33(9)45(56-29-13-3)49(60-39(52)17-7)41(47(43)58-31-15-5)51(37-25-21-19-23-35(37)36-24-20-22-26-38(36)51)42-48(59-32-16-6)44(55-28-12-2)34(10)46(57-30-14-4)50(42)61-40(53)18-8/h17-26H,7-8,11-16,27-32H2,1-6,9-10H3. The zero-order valence-electron chi connectivity index (χ0n) is 37.3. The van der Waals surface area contributed by atoms with Crippen LogP contribution < -0.4 is 37.9 Å². The summed E-state index contributed by atoms with van der Waals surface area (Å²) in [6, 6.07) is 16.0. The Morgan fingerprint density at radius 2 is 0.738 bits per heavy atom. The Morgan fingerprint density at radius 1 is 0.459 bits per heavy atom. The average Bonchev–Trinajstić information content (AvgIpc) is 3.56. The molecular weight excluding hydrogens is 773 g/mol. The predicted octanol–water partition coefficient (Wildman–Crippen LogP) is 11.6. The molecule has 61 heavy (non-hydrogen) atoms. The van der Waals surface area contributed by atoms with E-state index < -0.39 is 17.4 Å². The highest BCUT2D eigenvalue weighted by atomic mass is 16.6. The molecule has 0 N–H and O–H groups in total. The summed E-state index contributed by atoms with van der Waals surface area (Å²) < 4.78 is 53.6. The number of ether oxygens (including phenoxy) is 8. The minimum Gasteiger partial charge on any atom is -0.489 e. The summed E-state index contributed by atoms with van der Waals surface area (Å²) in [5.41, 5.74) is 3.60. The third-order valence-electron chi connectivity index (χ3n) is 10.2. The highest BCUT2D eigenvalue weighted by Crippen LogP contribution is 2.68. The summed E-state index contributed by atoms with van der Waals surface area (Å²) >= 11 is 0. The van der Waals surface area contributed by atoms with Crippen molar-refractivity contribution in [3.8, 4) is 57.1 Å². The third kappa shape index (κ3) is 8.95. The minimum atomic E-state index is -1.59. The van der Waals surface area contributed by atoms with Gasteiger partial charge in [0.15, 0.2) is 46.0 Å². The van der Waals surface area contributed by atoms with Crippen molar-refractivity contribution >= 4 is 11.9 Å². The maximum atomic E-state index is 13.8. The van der Waals surface area contributed by atoms with Crippen LogP contribution in [0.1, 0.15) is 113 Å². The quantitative estimate of drug-likeness (QED) is 0.0339. The number of carbonyl (C=O) groups excluding carboxylic acids is 2. The number of hydrogen-bond acceptors (Lipinski definition) is 10. The van der Waals surface area contributed by atoms with Crippen molar-refractivity contribution in [2.75, 3.05) is 39.6 Å². The van der Waals surface area contributed by atoms with Crippen molar-refractivity contribution in [1.29, 1.82) is 0 Å². The van der Waals surface area contributed by atoms with Crippen LogP contribution in [0.5, 0.6) is 46.0 Å². The highest BCUT2D eigenvalue weighted by molar-refractivity contribution is 5.94. The van der Waals surface area contributed by atoms with Gasteiger partial charge in [0.1, 0.15) is 0 Å². The first-order valence-corrected chi connectivity index (χ1v) is 21.7. The van der Waals surface area contributed by atoms with Crippen LogP contribution in [0, 0.1) is 13.8 Å². The smallest absolute Gasteiger partial charge is 0.335 e. The van der Waals surface area contributed by atoms with Gasteiger partial charge in [-0.05, 0) is 74.6 Å². The van der Waals surface area contributed by atoms with Crippen molar-refractivity contribution in [2.45, 2.75) is 99.3 Å². The van der Waals surface area contributed by atoms with Crippen LogP contribution in [0.3, 0.4) is 0 Å². The lowest BCUT2D eigenvalue weighted by molar-refractivity contribution is -0.130. The molecule has 4 aromatic carbocycles. The fourth-order valence-corrected chi connectivity index (χ4v) is 7.80. The molecule has 10 heteroatoms. The molecule has 0 bridgehead atoms. The maximum Gasteiger partial charge on any atom is 0.335 e. The molecule has 0 atom stereocenters. The van der Waals surface area contributed by atoms with Crippen LogP contribution in [0.4, 0.5) is 0 Å². The maximum absolute atomic E-state index is 13.8. The Morgan fingerprint density at radius 3 is 1.03 bits per heavy atom. The van der Waals surface area contributed by atoms with Gasteiger partial charge in [0, 0.05) is 23.3 Å². The fourth-order valence-electron chi connectivity index (χ4n) is 7.80. The molecule has 0 heterocycles. The van der Waals surface area contributed by atoms with Crippen LogP contribution in [-0.2, 0) is 15.0 Å². The molecule has 0 saturated heterocycles. The van der Waals surface area contributed by atoms with Crippen molar-refractivity contribution in [2.24, 2.45) is 0 Å². The Balaban J connectivity index is 2.29. The van der Waals surface area contributed by atoms with Crippen molar-refractivity contribution in [3.05, 3.63) is 107 Å². The van der Waals surface area contributed by atoms with E-state index in [1.54, 1.807) is 0 Å². The fraction of sp³-hybridized carbons (Fsp3) is 0.412. The van der Waals surface area contributed by atoms with Gasteiger partial charge in [-0.15, -0.1) is 0 Å². The Bertz CT molecular complexity index is 2050. The number of fused-ring (bicyclic) bond motifs is 3. The molecule has 0 aromatic heterocycles. The van der Waals surface area contributed by atoms with E-state index in [9.17, 15) is 9.59 Å². The second-order valence-electron chi connectivity index (χ2n) is 14.8. The van der Waals surface area contributed by atoms with Crippen molar-refractivity contribution < 1.29 is 47.5 Å². The summed E-state index contributed by atoms with van der Waals surface area (Å²) in [4.78, 5) is 27.7. The second-order valence-corrected chi connectivity index (χ2v) is 14.8. The Hall–Kier alpha value is -5.90. The molecule has 0 fully saturated rings. The third-order valence-corrected chi connectivity index (χ3v) is 10.2. The predicted molar refractivity (Wildman–Crippen MR) is 240 cm³/mol. The summed E-state index contributed by atoms with van der Waals surface area (Å²) in [5, 5.41) is 0. The number of hydrogen-bond donors (Lipinski definition) is 0. The van der Waals surface area contributed by atoms with E-state index in [1.807, 2.05) is 104 Å². The second kappa shape index (κ2) is 21.6. The molecule has 0 amide bonds. The largest absolute Gasteiger partial charge is 0.489 e. The lowest BCUT2D eigenvalue weighted by atomic mass is 9.65. The van der Waals surface area contributed by atoms with Gasteiger partial charge in [0.05, 0.1) is 56.2 Å². The molecule has 5 rings (SSSR count). The zero-order valence-corrected chi connectivity index (χ0v) is 37.3. The molecule has 0 aliphatic heterocycles. The molecule has 0 unspecified atom stereocenters. The van der Waals surface area contributed by atoms with Gasteiger partial charge in [0.25, 0.3) is 0 Å². The lowest BCUT2D eigenvalue weighted by Crippen LogP contribution is -2.33. The first-order chi connectivity index (χ1) is 29.7. The first kappa shape index (κ1) is 46.2. The van der Waals surface area contributed by atoms with Gasteiger partial charge in [-0.1, -0.05) is 103 Å². The minimum absolute atomic E-state index is 0.0902. The molecule has 1 aliphatic rings. The molecule has 0 radical (unpaired) electrons. The van der Waals surface area contributed by atoms with E-state index in [0.29, 0.717) is 122 Å². The summed E-state index contributed by atoms with van der Waals surface area (Å²) in [6.07, 6.45) is 6.23. The van der Waals surface area contributed by atoms with E-state index in [1.165, 1.54) is 0 Å². The molecule has 326 valence electrons. The Labute approximate surface area is 361 Å². The normalized spacial score (nSPS) is 12.1. The van der Waals surface area contributed by atoms with E-state index in [2.05, 4.69) is 13.2 Å². The van der Waals surface area contributed by atoms with Gasteiger partial charge in [0.2, 0.25) is 0 Å². The molecule has 0 saturated carbocycles. The summed E-state index contributed by atoms with van der Waals surface area (Å²) in [7, 11) is 0. The van der Waals surface area contributed by atoms with Gasteiger partial charge in [-0.2, -0.15) is 0 Å². The lowest BCUT2D eigenvalue weighted by Gasteiger charge is -2.39. The SMILES string of the molecule is C=CC(=O)Oc1c(OCCC)c(C)c(OCCC)c(OCCC)c1C1(c2c(OCCC)c(OCCC)c(C)c(OCCC)c2OC(=O)C=C)c2ccccc2-c2ccccc21. The van der Waals surface area contributed by atoms with Gasteiger partial charge < -0.3 is 37.9 Å². The molecule has 4 aromatic rings. The van der Waals surface area contributed by atoms with E-state index in [4.69, 9.17) is 37.9 Å². The monoisotopic (exact) mass is 834 g/mol.